The van der Waals surface area contributed by atoms with Crippen LogP contribution in [0.1, 0.15) is 33.6 Å². The zero-order valence-electron chi connectivity index (χ0n) is 13.1. The van der Waals surface area contributed by atoms with E-state index in [0.717, 1.165) is 0 Å². The number of amides is 2. The van der Waals surface area contributed by atoms with Gasteiger partial charge in [-0.3, -0.25) is 4.79 Å². The van der Waals surface area contributed by atoms with Gasteiger partial charge in [0.1, 0.15) is 5.60 Å². The molecular formula is C15H19Cl3N2O3. The number of anilines is 1. The average molecular weight is 382 g/mol. The van der Waals surface area contributed by atoms with Gasteiger partial charge < -0.3 is 15.4 Å². The fourth-order valence-corrected chi connectivity index (χ4v) is 2.21. The molecule has 0 aliphatic heterocycles. The minimum absolute atomic E-state index is 0.227. The minimum atomic E-state index is -0.507. The Balaban J connectivity index is 2.36. The van der Waals surface area contributed by atoms with Gasteiger partial charge in [0.2, 0.25) is 0 Å². The van der Waals surface area contributed by atoms with E-state index < -0.39 is 11.6 Å². The van der Waals surface area contributed by atoms with E-state index in [-0.39, 0.29) is 22.4 Å². The summed E-state index contributed by atoms with van der Waals surface area (Å²) in [7, 11) is 0. The van der Waals surface area contributed by atoms with Gasteiger partial charge in [-0.25, -0.2) is 4.79 Å². The van der Waals surface area contributed by atoms with E-state index in [1.807, 2.05) is 0 Å². The van der Waals surface area contributed by atoms with E-state index in [1.54, 1.807) is 20.8 Å². The number of hydrogen-bond acceptors (Lipinski definition) is 3. The summed E-state index contributed by atoms with van der Waals surface area (Å²) in [5, 5.41) is 6.06. The maximum Gasteiger partial charge on any atom is 0.319 e. The second-order valence-electron chi connectivity index (χ2n) is 5.82. The normalized spacial score (nSPS) is 11.0. The van der Waals surface area contributed by atoms with Gasteiger partial charge in [0.15, 0.2) is 0 Å². The van der Waals surface area contributed by atoms with E-state index in [4.69, 9.17) is 39.5 Å². The summed E-state index contributed by atoms with van der Waals surface area (Å²) in [5.74, 6) is -0.299. The van der Waals surface area contributed by atoms with Crippen molar-refractivity contribution >= 4 is 52.5 Å². The Labute approximate surface area is 150 Å². The fourth-order valence-electron chi connectivity index (χ4n) is 1.61. The monoisotopic (exact) mass is 380 g/mol. The summed E-state index contributed by atoms with van der Waals surface area (Å²) in [6, 6.07) is 2.46. The Morgan fingerprint density at radius 1 is 1.09 bits per heavy atom. The summed E-state index contributed by atoms with van der Waals surface area (Å²) in [6.45, 7) is 5.73. The molecule has 1 aromatic rings. The first-order valence-corrected chi connectivity index (χ1v) is 8.13. The van der Waals surface area contributed by atoms with Crippen LogP contribution in [0.25, 0.3) is 0 Å². The van der Waals surface area contributed by atoms with Crippen LogP contribution in [0.4, 0.5) is 10.5 Å². The van der Waals surface area contributed by atoms with Crippen LogP contribution in [0.5, 0.6) is 0 Å². The van der Waals surface area contributed by atoms with E-state index in [2.05, 4.69) is 10.6 Å². The van der Waals surface area contributed by atoms with Crippen molar-refractivity contribution in [3.8, 4) is 0 Å². The number of esters is 1. The summed E-state index contributed by atoms with van der Waals surface area (Å²) in [5.41, 5.74) is -0.155. The van der Waals surface area contributed by atoms with Crippen molar-refractivity contribution < 1.29 is 14.3 Å². The number of carbonyl (C=O) groups excluding carboxylic acids is 2. The molecule has 0 aromatic heterocycles. The maximum atomic E-state index is 11.8. The first-order valence-electron chi connectivity index (χ1n) is 7.00. The van der Waals surface area contributed by atoms with Crippen molar-refractivity contribution in [3.63, 3.8) is 0 Å². The predicted octanol–water partition coefficient (Wildman–Crippen LogP) is 4.89. The molecule has 0 atom stereocenters. The molecule has 0 fully saturated rings. The number of carbonyl (C=O) groups is 2. The Bertz CT molecular complexity index is 586. The third kappa shape index (κ3) is 7.77. The lowest BCUT2D eigenvalue weighted by Gasteiger charge is -2.19. The smallest absolute Gasteiger partial charge is 0.319 e. The van der Waals surface area contributed by atoms with Gasteiger partial charge in [-0.1, -0.05) is 34.8 Å². The van der Waals surface area contributed by atoms with Gasteiger partial charge in [-0.15, -0.1) is 0 Å². The van der Waals surface area contributed by atoms with Crippen molar-refractivity contribution in [3.05, 3.63) is 27.2 Å². The molecule has 23 heavy (non-hydrogen) atoms. The number of benzene rings is 1. The van der Waals surface area contributed by atoms with Gasteiger partial charge in [-0.2, -0.15) is 0 Å². The van der Waals surface area contributed by atoms with Crippen LogP contribution in [0.2, 0.25) is 15.1 Å². The Morgan fingerprint density at radius 2 is 1.70 bits per heavy atom. The van der Waals surface area contributed by atoms with E-state index in [0.29, 0.717) is 23.7 Å². The average Bonchev–Trinajstić information content (AvgIpc) is 2.39. The molecule has 0 saturated carbocycles. The summed E-state index contributed by atoms with van der Waals surface area (Å²) < 4.78 is 5.17. The highest BCUT2D eigenvalue weighted by atomic mass is 35.5. The molecular weight excluding hydrogens is 363 g/mol. The van der Waals surface area contributed by atoms with Crippen molar-refractivity contribution in [2.45, 2.75) is 39.2 Å². The Hall–Kier alpha value is -1.17. The van der Waals surface area contributed by atoms with Crippen LogP contribution in [-0.4, -0.2) is 24.1 Å². The second-order valence-corrected chi connectivity index (χ2v) is 7.04. The van der Waals surface area contributed by atoms with E-state index in [1.165, 1.54) is 12.1 Å². The molecule has 2 amide bonds. The molecule has 0 bridgehead atoms. The Morgan fingerprint density at radius 3 is 2.30 bits per heavy atom. The van der Waals surface area contributed by atoms with Crippen LogP contribution in [0.3, 0.4) is 0 Å². The van der Waals surface area contributed by atoms with Gasteiger partial charge in [-0.05, 0) is 39.3 Å². The third-order valence-corrected chi connectivity index (χ3v) is 3.56. The van der Waals surface area contributed by atoms with Gasteiger partial charge in [0, 0.05) is 13.0 Å². The number of rotatable bonds is 5. The number of hydrogen-bond donors (Lipinski definition) is 2. The molecule has 128 valence electrons. The van der Waals surface area contributed by atoms with Crippen LogP contribution in [-0.2, 0) is 9.53 Å². The molecule has 0 radical (unpaired) electrons. The molecule has 5 nitrogen and oxygen atoms in total. The van der Waals surface area contributed by atoms with Gasteiger partial charge in [0.25, 0.3) is 0 Å². The lowest BCUT2D eigenvalue weighted by Crippen LogP contribution is -2.30. The summed E-state index contributed by atoms with van der Waals surface area (Å²) in [6.07, 6.45) is 0.697. The van der Waals surface area contributed by atoms with Crippen molar-refractivity contribution in [2.75, 3.05) is 11.9 Å². The van der Waals surface area contributed by atoms with Crippen LogP contribution >= 0.6 is 34.8 Å². The molecule has 1 aromatic carbocycles. The minimum Gasteiger partial charge on any atom is -0.460 e. The van der Waals surface area contributed by atoms with Gasteiger partial charge >= 0.3 is 12.0 Å². The second kappa shape index (κ2) is 8.62. The molecule has 0 spiro atoms. The molecule has 2 N–H and O–H groups in total. The lowest BCUT2D eigenvalue weighted by molar-refractivity contribution is -0.154. The van der Waals surface area contributed by atoms with Crippen LogP contribution < -0.4 is 10.6 Å². The van der Waals surface area contributed by atoms with Crippen LogP contribution in [0, 0.1) is 0 Å². The topological polar surface area (TPSA) is 67.4 Å². The molecule has 8 heteroatoms. The first-order chi connectivity index (χ1) is 10.6. The van der Waals surface area contributed by atoms with Crippen molar-refractivity contribution in [1.29, 1.82) is 0 Å². The largest absolute Gasteiger partial charge is 0.460 e. The maximum absolute atomic E-state index is 11.8. The quantitative estimate of drug-likeness (QED) is 0.433. The molecule has 1 rings (SSSR count). The van der Waals surface area contributed by atoms with E-state index >= 15 is 0 Å². The summed E-state index contributed by atoms with van der Waals surface area (Å²) in [4.78, 5) is 23.3. The van der Waals surface area contributed by atoms with Crippen molar-refractivity contribution in [2.24, 2.45) is 0 Å². The highest BCUT2D eigenvalue weighted by Gasteiger charge is 2.15. The zero-order chi connectivity index (χ0) is 17.6. The Kier molecular flexibility index (Phi) is 7.45. The first kappa shape index (κ1) is 19.9. The fraction of sp³-hybridized carbons (Fsp3) is 0.467. The van der Waals surface area contributed by atoms with Crippen molar-refractivity contribution in [1.82, 2.24) is 5.32 Å². The third-order valence-electron chi connectivity index (χ3n) is 2.52. The number of urea groups is 1. The zero-order valence-corrected chi connectivity index (χ0v) is 15.4. The standard InChI is InChI=1S/C15H19Cl3N2O3/c1-15(2,3)23-13(21)5-4-6-19-14(22)20-12-8-10(17)9(16)7-11(12)18/h7-8H,4-6H2,1-3H3,(H2,19,20,22). The number of halogens is 3. The van der Waals surface area contributed by atoms with Gasteiger partial charge in [0.05, 0.1) is 20.8 Å². The molecule has 0 unspecified atom stereocenters. The molecule has 0 heterocycles. The molecule has 0 aliphatic carbocycles. The lowest BCUT2D eigenvalue weighted by atomic mass is 10.2. The van der Waals surface area contributed by atoms with Crippen LogP contribution in [0.15, 0.2) is 12.1 Å². The highest BCUT2D eigenvalue weighted by molar-refractivity contribution is 6.44. The highest BCUT2D eigenvalue weighted by Crippen LogP contribution is 2.32. The SMILES string of the molecule is CC(C)(C)OC(=O)CCCNC(=O)Nc1cc(Cl)c(Cl)cc1Cl. The number of nitrogens with one attached hydrogen (secondary N) is 2. The summed E-state index contributed by atoms with van der Waals surface area (Å²) >= 11 is 17.6. The molecule has 0 saturated heterocycles. The van der Waals surface area contributed by atoms with E-state index in [9.17, 15) is 9.59 Å². The molecule has 0 aliphatic rings. The predicted molar refractivity (Wildman–Crippen MR) is 93.6 cm³/mol. The number of ether oxygens (including phenoxy) is 1.